The van der Waals surface area contributed by atoms with Crippen molar-refractivity contribution in [3.05, 3.63) is 64.2 Å². The van der Waals surface area contributed by atoms with Crippen molar-refractivity contribution in [2.75, 3.05) is 20.3 Å². The smallest absolute Gasteiger partial charge is 0.240 e. The van der Waals surface area contributed by atoms with Crippen molar-refractivity contribution in [3.63, 3.8) is 0 Å². The second kappa shape index (κ2) is 9.28. The topological polar surface area (TPSA) is 67.4 Å². The number of hydrogen-bond donors (Lipinski definition) is 2. The molecule has 0 bridgehead atoms. The van der Waals surface area contributed by atoms with Crippen LogP contribution in [0.25, 0.3) is 0 Å². The average Bonchev–Trinajstić information content (AvgIpc) is 2.58. The highest BCUT2D eigenvalue weighted by Crippen LogP contribution is 2.16. The lowest BCUT2D eigenvalue weighted by Gasteiger charge is -2.13. The van der Waals surface area contributed by atoms with Crippen LogP contribution in [0.15, 0.2) is 41.3 Å². The van der Waals surface area contributed by atoms with Gasteiger partial charge in [-0.3, -0.25) is 0 Å². The maximum absolute atomic E-state index is 12.1. The molecule has 0 fully saturated rings. The largest absolute Gasteiger partial charge is 0.383 e. The van der Waals surface area contributed by atoms with E-state index in [2.05, 4.69) is 42.9 Å². The Labute approximate surface area is 156 Å². The molecule has 5 nitrogen and oxygen atoms in total. The Morgan fingerprint density at radius 1 is 0.962 bits per heavy atom. The summed E-state index contributed by atoms with van der Waals surface area (Å²) in [5.74, 6) is 0. The van der Waals surface area contributed by atoms with E-state index in [-0.39, 0.29) is 11.4 Å². The highest BCUT2D eigenvalue weighted by atomic mass is 32.2. The van der Waals surface area contributed by atoms with Crippen molar-refractivity contribution >= 4 is 10.0 Å². The predicted molar refractivity (Wildman–Crippen MR) is 105 cm³/mol. The van der Waals surface area contributed by atoms with Crippen LogP contribution in [-0.2, 0) is 27.8 Å². The Hall–Kier alpha value is -1.73. The molecule has 0 heterocycles. The molecule has 0 aliphatic heterocycles. The van der Waals surface area contributed by atoms with E-state index in [0.29, 0.717) is 13.2 Å². The van der Waals surface area contributed by atoms with Crippen LogP contribution in [-0.4, -0.2) is 28.7 Å². The molecule has 2 aromatic carbocycles. The summed E-state index contributed by atoms with van der Waals surface area (Å²) in [6, 6.07) is 11.3. The summed E-state index contributed by atoms with van der Waals surface area (Å²) < 4.78 is 31.6. The minimum atomic E-state index is -3.48. The number of ether oxygens (including phenoxy) is 1. The number of hydrogen-bond acceptors (Lipinski definition) is 4. The second-order valence-corrected chi connectivity index (χ2v) is 8.28. The van der Waals surface area contributed by atoms with Crippen molar-refractivity contribution < 1.29 is 13.2 Å². The first-order valence-corrected chi connectivity index (χ1v) is 10.2. The lowest BCUT2D eigenvalue weighted by molar-refractivity contribution is 0.204. The number of methoxy groups -OCH3 is 1. The van der Waals surface area contributed by atoms with Crippen LogP contribution in [0.3, 0.4) is 0 Å². The summed E-state index contributed by atoms with van der Waals surface area (Å²) in [4.78, 5) is 0.266. The van der Waals surface area contributed by atoms with Crippen molar-refractivity contribution in [3.8, 4) is 0 Å². The molecular formula is C20H28N2O3S. The molecule has 6 heteroatoms. The molecule has 0 radical (unpaired) electrons. The van der Waals surface area contributed by atoms with Gasteiger partial charge in [0, 0.05) is 26.7 Å². The van der Waals surface area contributed by atoms with Crippen molar-refractivity contribution in [1.29, 1.82) is 0 Å². The predicted octanol–water partition coefficient (Wildman–Crippen LogP) is 2.83. The molecular weight excluding hydrogens is 348 g/mol. The summed E-state index contributed by atoms with van der Waals surface area (Å²) in [5, 5.41) is 3.44. The highest BCUT2D eigenvalue weighted by molar-refractivity contribution is 7.89. The first kappa shape index (κ1) is 20.6. The number of sulfonamides is 1. The SMILES string of the molecule is COCCNS(=O)(=O)c1ccc(CNCc2c(C)cc(C)cc2C)cc1. The first-order valence-electron chi connectivity index (χ1n) is 8.68. The Kier molecular flexibility index (Phi) is 7.34. The summed E-state index contributed by atoms with van der Waals surface area (Å²) in [6.07, 6.45) is 0. The highest BCUT2D eigenvalue weighted by Gasteiger charge is 2.12. The van der Waals surface area contributed by atoms with Crippen LogP contribution >= 0.6 is 0 Å². The summed E-state index contributed by atoms with van der Waals surface area (Å²) >= 11 is 0. The van der Waals surface area contributed by atoms with Crippen molar-refractivity contribution in [2.24, 2.45) is 0 Å². The van der Waals surface area contributed by atoms with Crippen LogP contribution in [0.1, 0.15) is 27.8 Å². The zero-order chi connectivity index (χ0) is 19.2. The maximum Gasteiger partial charge on any atom is 0.240 e. The molecule has 142 valence electrons. The monoisotopic (exact) mass is 376 g/mol. The van der Waals surface area contributed by atoms with Crippen LogP contribution < -0.4 is 10.0 Å². The van der Waals surface area contributed by atoms with Crippen molar-refractivity contribution in [2.45, 2.75) is 38.8 Å². The summed E-state index contributed by atoms with van der Waals surface area (Å²) in [6.45, 7) is 8.45. The zero-order valence-electron chi connectivity index (χ0n) is 15.9. The van der Waals surface area contributed by atoms with E-state index in [4.69, 9.17) is 4.74 Å². The van der Waals surface area contributed by atoms with Gasteiger partial charge in [0.25, 0.3) is 0 Å². The van der Waals surface area contributed by atoms with Gasteiger partial charge >= 0.3 is 0 Å². The fourth-order valence-electron chi connectivity index (χ4n) is 2.97. The molecule has 0 saturated heterocycles. The quantitative estimate of drug-likeness (QED) is 0.661. The molecule has 0 saturated carbocycles. The molecule has 26 heavy (non-hydrogen) atoms. The van der Waals surface area contributed by atoms with Gasteiger partial charge in [0.1, 0.15) is 0 Å². The Morgan fingerprint density at radius 3 is 2.15 bits per heavy atom. The molecule has 0 amide bonds. The second-order valence-electron chi connectivity index (χ2n) is 6.52. The molecule has 0 atom stereocenters. The zero-order valence-corrected chi connectivity index (χ0v) is 16.7. The van der Waals surface area contributed by atoms with Crippen LogP contribution in [0, 0.1) is 20.8 Å². The van der Waals surface area contributed by atoms with Crippen LogP contribution in [0.2, 0.25) is 0 Å². The van der Waals surface area contributed by atoms with E-state index in [1.54, 1.807) is 12.1 Å². The Morgan fingerprint density at radius 2 is 1.58 bits per heavy atom. The van der Waals surface area contributed by atoms with E-state index in [1.807, 2.05) is 12.1 Å². The van der Waals surface area contributed by atoms with E-state index >= 15 is 0 Å². The van der Waals surface area contributed by atoms with Gasteiger partial charge in [0.05, 0.1) is 11.5 Å². The molecule has 2 rings (SSSR count). The molecule has 2 N–H and O–H groups in total. The fraction of sp³-hybridized carbons (Fsp3) is 0.400. The van der Waals surface area contributed by atoms with Gasteiger partial charge in [-0.2, -0.15) is 0 Å². The molecule has 0 spiro atoms. The summed E-state index contributed by atoms with van der Waals surface area (Å²) in [7, 11) is -1.94. The van der Waals surface area contributed by atoms with Gasteiger partial charge in [0.2, 0.25) is 10.0 Å². The lowest BCUT2D eigenvalue weighted by Crippen LogP contribution is -2.27. The molecule has 0 aromatic heterocycles. The summed E-state index contributed by atoms with van der Waals surface area (Å²) in [5.41, 5.74) is 6.22. The van der Waals surface area contributed by atoms with Crippen LogP contribution in [0.5, 0.6) is 0 Å². The third kappa shape index (κ3) is 5.64. The third-order valence-corrected chi connectivity index (χ3v) is 5.78. The molecule has 2 aromatic rings. The van der Waals surface area contributed by atoms with Gasteiger partial charge in [-0.25, -0.2) is 13.1 Å². The van der Waals surface area contributed by atoms with Gasteiger partial charge in [-0.1, -0.05) is 29.8 Å². The number of nitrogens with one attached hydrogen (secondary N) is 2. The van der Waals surface area contributed by atoms with E-state index < -0.39 is 10.0 Å². The number of aryl methyl sites for hydroxylation is 3. The van der Waals surface area contributed by atoms with Crippen molar-refractivity contribution in [1.82, 2.24) is 10.0 Å². The number of benzene rings is 2. The Balaban J connectivity index is 1.94. The minimum absolute atomic E-state index is 0.261. The number of rotatable bonds is 9. The van der Waals surface area contributed by atoms with Crippen LogP contribution in [0.4, 0.5) is 0 Å². The molecule has 0 aliphatic rings. The van der Waals surface area contributed by atoms with E-state index in [0.717, 1.165) is 12.1 Å². The fourth-order valence-corrected chi connectivity index (χ4v) is 3.98. The lowest BCUT2D eigenvalue weighted by atomic mass is 10.00. The first-order chi connectivity index (χ1) is 12.3. The van der Waals surface area contributed by atoms with Gasteiger partial charge in [-0.05, 0) is 55.2 Å². The average molecular weight is 377 g/mol. The Bertz CT molecular complexity index is 808. The minimum Gasteiger partial charge on any atom is -0.383 e. The normalized spacial score (nSPS) is 11.7. The molecule has 0 aliphatic carbocycles. The molecule has 0 unspecified atom stereocenters. The third-order valence-electron chi connectivity index (χ3n) is 4.30. The van der Waals surface area contributed by atoms with E-state index in [9.17, 15) is 8.42 Å². The maximum atomic E-state index is 12.1. The van der Waals surface area contributed by atoms with Gasteiger partial charge in [-0.15, -0.1) is 0 Å². The van der Waals surface area contributed by atoms with Gasteiger partial charge < -0.3 is 10.1 Å². The van der Waals surface area contributed by atoms with Gasteiger partial charge in [0.15, 0.2) is 0 Å². The standard InChI is InChI=1S/C20H28N2O3S/c1-15-11-16(2)20(17(3)12-15)14-21-13-18-5-7-19(8-6-18)26(23,24)22-9-10-25-4/h5-8,11-12,21-22H,9-10,13-14H2,1-4H3. The van der Waals surface area contributed by atoms with E-state index in [1.165, 1.54) is 29.4 Å².